The van der Waals surface area contributed by atoms with Gasteiger partial charge in [-0.2, -0.15) is 5.10 Å². The SMILES string of the molecule is CC(C)n1nccc1-c1cnc(C[C@H]2CCCN(C(=O)C(C)(C)C)C2)cn1. The molecular weight excluding hydrogens is 338 g/mol. The van der Waals surface area contributed by atoms with Crippen molar-refractivity contribution in [2.45, 2.75) is 59.9 Å². The summed E-state index contributed by atoms with van der Waals surface area (Å²) in [4.78, 5) is 23.9. The van der Waals surface area contributed by atoms with E-state index in [1.165, 1.54) is 0 Å². The molecule has 2 aromatic heterocycles. The quantitative estimate of drug-likeness (QED) is 0.823. The zero-order valence-electron chi connectivity index (χ0n) is 17.1. The summed E-state index contributed by atoms with van der Waals surface area (Å²) in [5.74, 6) is 0.696. The van der Waals surface area contributed by atoms with Gasteiger partial charge in [0.1, 0.15) is 5.69 Å². The number of hydrogen-bond acceptors (Lipinski definition) is 4. The minimum atomic E-state index is -0.317. The summed E-state index contributed by atoms with van der Waals surface area (Å²) in [5, 5.41) is 4.36. The van der Waals surface area contributed by atoms with Gasteiger partial charge in [-0.05, 0) is 45.1 Å². The predicted octanol–water partition coefficient (Wildman–Crippen LogP) is 3.75. The number of amides is 1. The third-order valence-electron chi connectivity index (χ3n) is 5.07. The first-order valence-corrected chi connectivity index (χ1v) is 9.90. The van der Waals surface area contributed by atoms with Crippen molar-refractivity contribution in [1.29, 1.82) is 0 Å². The molecule has 6 heteroatoms. The molecule has 0 bridgehead atoms. The van der Waals surface area contributed by atoms with E-state index in [4.69, 9.17) is 0 Å². The highest BCUT2D eigenvalue weighted by atomic mass is 16.2. The Labute approximate surface area is 162 Å². The molecule has 0 aliphatic carbocycles. The Hall–Kier alpha value is -2.24. The van der Waals surface area contributed by atoms with Crippen LogP contribution in [0.4, 0.5) is 0 Å². The minimum Gasteiger partial charge on any atom is -0.342 e. The van der Waals surface area contributed by atoms with E-state index >= 15 is 0 Å². The summed E-state index contributed by atoms with van der Waals surface area (Å²) < 4.78 is 1.96. The number of piperidine rings is 1. The van der Waals surface area contributed by atoms with Gasteiger partial charge in [-0.15, -0.1) is 0 Å². The van der Waals surface area contributed by atoms with Gasteiger partial charge < -0.3 is 4.90 Å². The van der Waals surface area contributed by atoms with E-state index in [1.54, 1.807) is 6.20 Å². The summed E-state index contributed by atoms with van der Waals surface area (Å²) in [7, 11) is 0. The maximum atomic E-state index is 12.6. The molecule has 6 nitrogen and oxygen atoms in total. The lowest BCUT2D eigenvalue weighted by Gasteiger charge is -2.36. The van der Waals surface area contributed by atoms with Crippen LogP contribution in [0.25, 0.3) is 11.4 Å². The summed E-state index contributed by atoms with van der Waals surface area (Å²) in [6.07, 6.45) is 8.57. The van der Waals surface area contributed by atoms with Crippen LogP contribution in [0.3, 0.4) is 0 Å². The molecule has 1 fully saturated rings. The molecule has 1 atom stereocenters. The molecule has 0 aromatic carbocycles. The van der Waals surface area contributed by atoms with Crippen LogP contribution < -0.4 is 0 Å². The van der Waals surface area contributed by atoms with Crippen LogP contribution in [0.5, 0.6) is 0 Å². The van der Waals surface area contributed by atoms with Crippen molar-refractivity contribution in [2.75, 3.05) is 13.1 Å². The second kappa shape index (κ2) is 7.79. The highest BCUT2D eigenvalue weighted by Gasteiger charge is 2.31. The van der Waals surface area contributed by atoms with Gasteiger partial charge in [-0.25, -0.2) is 0 Å². The van der Waals surface area contributed by atoms with Gasteiger partial charge in [0.15, 0.2) is 0 Å². The Morgan fingerprint density at radius 1 is 1.26 bits per heavy atom. The largest absolute Gasteiger partial charge is 0.342 e. The lowest BCUT2D eigenvalue weighted by atomic mass is 9.89. The number of carbonyl (C=O) groups excluding carboxylic acids is 1. The van der Waals surface area contributed by atoms with E-state index < -0.39 is 0 Å². The fourth-order valence-corrected chi connectivity index (χ4v) is 3.71. The molecule has 2 aromatic rings. The molecule has 1 aliphatic rings. The van der Waals surface area contributed by atoms with Gasteiger partial charge in [0.2, 0.25) is 5.91 Å². The van der Waals surface area contributed by atoms with Crippen molar-refractivity contribution in [3.63, 3.8) is 0 Å². The van der Waals surface area contributed by atoms with E-state index in [0.717, 1.165) is 49.4 Å². The molecule has 0 unspecified atom stereocenters. The van der Waals surface area contributed by atoms with Gasteiger partial charge in [0.25, 0.3) is 0 Å². The molecule has 3 heterocycles. The first-order chi connectivity index (χ1) is 12.8. The fourth-order valence-electron chi connectivity index (χ4n) is 3.71. The van der Waals surface area contributed by atoms with Gasteiger partial charge in [0, 0.05) is 36.9 Å². The normalized spacial score (nSPS) is 18.1. The number of carbonyl (C=O) groups is 1. The Balaban J connectivity index is 1.66. The number of likely N-dealkylation sites (tertiary alicyclic amines) is 1. The van der Waals surface area contributed by atoms with E-state index in [0.29, 0.717) is 5.92 Å². The maximum absolute atomic E-state index is 12.6. The first-order valence-electron chi connectivity index (χ1n) is 9.90. The van der Waals surface area contributed by atoms with E-state index in [2.05, 4.69) is 28.9 Å². The highest BCUT2D eigenvalue weighted by molar-refractivity contribution is 5.81. The molecule has 146 valence electrons. The number of nitrogens with zero attached hydrogens (tertiary/aromatic N) is 5. The molecule has 1 saturated heterocycles. The zero-order chi connectivity index (χ0) is 19.6. The van der Waals surface area contributed by atoms with Crippen LogP contribution in [0.15, 0.2) is 24.7 Å². The Morgan fingerprint density at radius 2 is 2.04 bits per heavy atom. The Morgan fingerprint density at radius 3 is 2.67 bits per heavy atom. The third-order valence-corrected chi connectivity index (χ3v) is 5.07. The van der Waals surface area contributed by atoms with E-state index in [9.17, 15) is 4.79 Å². The molecular formula is C21H31N5O. The zero-order valence-corrected chi connectivity index (χ0v) is 17.1. The molecule has 0 radical (unpaired) electrons. The first kappa shape index (κ1) is 19.5. The molecule has 1 amide bonds. The summed E-state index contributed by atoms with van der Waals surface area (Å²) >= 11 is 0. The third kappa shape index (κ3) is 4.54. The van der Waals surface area contributed by atoms with Crippen molar-refractivity contribution in [3.8, 4) is 11.4 Å². The van der Waals surface area contributed by atoms with Gasteiger partial charge in [-0.3, -0.25) is 19.4 Å². The maximum Gasteiger partial charge on any atom is 0.227 e. The van der Waals surface area contributed by atoms with Crippen LogP contribution in [0.1, 0.15) is 59.2 Å². The van der Waals surface area contributed by atoms with E-state index in [-0.39, 0.29) is 17.4 Å². The van der Waals surface area contributed by atoms with Crippen molar-refractivity contribution in [1.82, 2.24) is 24.6 Å². The lowest BCUT2D eigenvalue weighted by Crippen LogP contribution is -2.45. The number of hydrogen-bond donors (Lipinski definition) is 0. The molecule has 0 saturated carbocycles. The van der Waals surface area contributed by atoms with Crippen molar-refractivity contribution in [2.24, 2.45) is 11.3 Å². The van der Waals surface area contributed by atoms with Crippen LogP contribution >= 0.6 is 0 Å². The predicted molar refractivity (Wildman–Crippen MR) is 106 cm³/mol. The summed E-state index contributed by atoms with van der Waals surface area (Å²) in [6.45, 7) is 11.9. The highest BCUT2D eigenvalue weighted by Crippen LogP contribution is 2.25. The Bertz CT molecular complexity index is 773. The second-order valence-corrected chi connectivity index (χ2v) is 8.86. The Kier molecular flexibility index (Phi) is 5.63. The van der Waals surface area contributed by atoms with E-state index in [1.807, 2.05) is 48.8 Å². The molecule has 0 spiro atoms. The number of aromatic nitrogens is 4. The van der Waals surface area contributed by atoms with Crippen LogP contribution in [0.2, 0.25) is 0 Å². The topological polar surface area (TPSA) is 63.9 Å². The van der Waals surface area contributed by atoms with Gasteiger partial charge >= 0.3 is 0 Å². The van der Waals surface area contributed by atoms with Crippen LogP contribution in [-0.4, -0.2) is 43.6 Å². The standard InChI is InChI=1S/C21H31N5O/c1-15(2)26-19(8-9-24-26)18-13-22-17(12-23-18)11-16-7-6-10-25(14-16)20(27)21(3,4)5/h8-9,12-13,15-16H,6-7,10-11,14H2,1-5H3/t16-/m1/s1. The smallest absolute Gasteiger partial charge is 0.227 e. The minimum absolute atomic E-state index is 0.246. The van der Waals surface area contributed by atoms with Crippen molar-refractivity contribution < 1.29 is 4.79 Å². The van der Waals surface area contributed by atoms with Crippen molar-refractivity contribution in [3.05, 3.63) is 30.4 Å². The molecule has 0 N–H and O–H groups in total. The second-order valence-electron chi connectivity index (χ2n) is 8.86. The molecule has 27 heavy (non-hydrogen) atoms. The summed E-state index contributed by atoms with van der Waals surface area (Å²) in [6, 6.07) is 2.26. The molecule has 3 rings (SSSR count). The van der Waals surface area contributed by atoms with Gasteiger partial charge in [0.05, 0.1) is 17.6 Å². The number of rotatable bonds is 4. The van der Waals surface area contributed by atoms with Crippen LogP contribution in [0, 0.1) is 11.3 Å². The van der Waals surface area contributed by atoms with Crippen LogP contribution in [-0.2, 0) is 11.2 Å². The average molecular weight is 370 g/mol. The molecule has 1 aliphatic heterocycles. The van der Waals surface area contributed by atoms with Crippen molar-refractivity contribution >= 4 is 5.91 Å². The average Bonchev–Trinajstić information content (AvgIpc) is 3.11. The van der Waals surface area contributed by atoms with Gasteiger partial charge in [-0.1, -0.05) is 20.8 Å². The summed E-state index contributed by atoms with van der Waals surface area (Å²) in [5.41, 5.74) is 2.51. The lowest BCUT2D eigenvalue weighted by molar-refractivity contribution is -0.141. The monoisotopic (exact) mass is 369 g/mol. The fraction of sp³-hybridized carbons (Fsp3) is 0.619.